The Labute approximate surface area is 115 Å². The molecule has 1 aliphatic carbocycles. The van der Waals surface area contributed by atoms with Gasteiger partial charge in [0.2, 0.25) is 0 Å². The maximum absolute atomic E-state index is 10.1. The summed E-state index contributed by atoms with van der Waals surface area (Å²) in [4.78, 5) is 0. The molecule has 0 amide bonds. The molecule has 1 rings (SSSR count). The van der Waals surface area contributed by atoms with Crippen LogP contribution < -0.4 is 0 Å². The van der Waals surface area contributed by atoms with Crippen LogP contribution in [0.5, 0.6) is 0 Å². The fourth-order valence-corrected chi connectivity index (χ4v) is 2.93. The van der Waals surface area contributed by atoms with E-state index in [9.17, 15) is 5.11 Å². The second kappa shape index (κ2) is 8.19. The van der Waals surface area contributed by atoms with Gasteiger partial charge in [-0.2, -0.15) is 0 Å². The minimum atomic E-state index is -0.0429. The van der Waals surface area contributed by atoms with E-state index in [1.807, 2.05) is 13.8 Å². The lowest BCUT2D eigenvalue weighted by atomic mass is 9.72. The molecular weight excluding hydrogens is 220 g/mol. The molecule has 3 unspecified atom stereocenters. The van der Waals surface area contributed by atoms with Crippen molar-refractivity contribution in [3.63, 3.8) is 0 Å². The zero-order valence-corrected chi connectivity index (χ0v) is 13.8. The molecule has 1 heteroatoms. The molecule has 0 aromatic heterocycles. The fourth-order valence-electron chi connectivity index (χ4n) is 2.93. The zero-order valence-electron chi connectivity index (χ0n) is 13.8. The van der Waals surface area contributed by atoms with Crippen LogP contribution in [-0.4, -0.2) is 11.2 Å². The van der Waals surface area contributed by atoms with Crippen LogP contribution in [-0.2, 0) is 0 Å². The first-order chi connectivity index (χ1) is 8.29. The zero-order chi connectivity index (χ0) is 14.3. The minimum absolute atomic E-state index is 0.0429. The molecule has 0 spiro atoms. The van der Waals surface area contributed by atoms with Crippen molar-refractivity contribution in [2.24, 2.45) is 23.2 Å². The van der Waals surface area contributed by atoms with Gasteiger partial charge in [-0.3, -0.25) is 0 Å². The maximum atomic E-state index is 10.1. The molecule has 0 aromatic rings. The van der Waals surface area contributed by atoms with Gasteiger partial charge in [-0.05, 0) is 55.3 Å². The molecule has 1 N–H and O–H groups in total. The van der Waals surface area contributed by atoms with Crippen LogP contribution in [0.3, 0.4) is 0 Å². The lowest BCUT2D eigenvalue weighted by molar-refractivity contribution is 0.0188. The van der Waals surface area contributed by atoms with Crippen LogP contribution in [0.15, 0.2) is 0 Å². The monoisotopic (exact) mass is 256 g/mol. The highest BCUT2D eigenvalue weighted by molar-refractivity contribution is 4.82. The molecule has 0 aliphatic heterocycles. The molecule has 1 fully saturated rings. The number of hydrogen-bond acceptors (Lipinski definition) is 1. The molecular formula is C17H36O. The van der Waals surface area contributed by atoms with Gasteiger partial charge in [0.05, 0.1) is 6.10 Å². The summed E-state index contributed by atoms with van der Waals surface area (Å²) < 4.78 is 0. The van der Waals surface area contributed by atoms with Crippen molar-refractivity contribution in [2.45, 2.75) is 86.7 Å². The van der Waals surface area contributed by atoms with E-state index in [0.29, 0.717) is 17.3 Å². The van der Waals surface area contributed by atoms with Crippen LogP contribution in [0.4, 0.5) is 0 Å². The summed E-state index contributed by atoms with van der Waals surface area (Å²) in [5.41, 5.74) is 0.444. The van der Waals surface area contributed by atoms with E-state index < -0.39 is 0 Å². The van der Waals surface area contributed by atoms with E-state index in [2.05, 4.69) is 34.6 Å². The Bertz CT molecular complexity index is 202. The van der Waals surface area contributed by atoms with Crippen LogP contribution >= 0.6 is 0 Å². The second-order valence-electron chi connectivity index (χ2n) is 7.25. The van der Waals surface area contributed by atoms with Gasteiger partial charge >= 0.3 is 0 Å². The highest BCUT2D eigenvalue weighted by atomic mass is 16.3. The molecule has 1 aliphatic rings. The molecule has 0 heterocycles. The van der Waals surface area contributed by atoms with Crippen molar-refractivity contribution in [2.75, 3.05) is 0 Å². The number of aliphatic hydroxyl groups is 1. The Morgan fingerprint density at radius 1 is 1.11 bits per heavy atom. The summed E-state index contributed by atoms with van der Waals surface area (Å²) in [6.07, 6.45) is 6.14. The summed E-state index contributed by atoms with van der Waals surface area (Å²) in [7, 11) is 0. The standard InChI is InChI=1S/C15H30O.C2H6/c1-11(2)13-7-6-12(10-14(13)16)8-9-15(3,4)5;1-2/h11-14,16H,6-10H2,1-5H3;1-2H3. The van der Waals surface area contributed by atoms with Crippen molar-refractivity contribution in [1.29, 1.82) is 0 Å². The van der Waals surface area contributed by atoms with E-state index in [0.717, 1.165) is 12.3 Å². The lowest BCUT2D eigenvalue weighted by Gasteiger charge is -2.36. The van der Waals surface area contributed by atoms with Gasteiger partial charge in [0, 0.05) is 0 Å². The molecule has 110 valence electrons. The van der Waals surface area contributed by atoms with Gasteiger partial charge in [-0.25, -0.2) is 0 Å². The van der Waals surface area contributed by atoms with Crippen molar-refractivity contribution in [3.8, 4) is 0 Å². The van der Waals surface area contributed by atoms with Gasteiger partial charge in [-0.15, -0.1) is 0 Å². The van der Waals surface area contributed by atoms with E-state index in [1.165, 1.54) is 25.7 Å². The SMILES string of the molecule is CC.CC(C)C1CCC(CCC(C)(C)C)CC1O. The third-order valence-corrected chi connectivity index (χ3v) is 4.14. The Morgan fingerprint density at radius 2 is 1.67 bits per heavy atom. The third kappa shape index (κ3) is 6.78. The third-order valence-electron chi connectivity index (χ3n) is 4.14. The van der Waals surface area contributed by atoms with Crippen molar-refractivity contribution < 1.29 is 5.11 Å². The van der Waals surface area contributed by atoms with Gasteiger partial charge in [0.15, 0.2) is 0 Å². The van der Waals surface area contributed by atoms with Crippen molar-refractivity contribution >= 4 is 0 Å². The van der Waals surface area contributed by atoms with Gasteiger partial charge in [0.1, 0.15) is 0 Å². The molecule has 1 nitrogen and oxygen atoms in total. The van der Waals surface area contributed by atoms with Gasteiger partial charge < -0.3 is 5.11 Å². The molecule has 0 saturated heterocycles. The predicted octanol–water partition coefficient (Wildman–Crippen LogP) is 5.27. The summed E-state index contributed by atoms with van der Waals surface area (Å²) in [6.45, 7) is 15.4. The quantitative estimate of drug-likeness (QED) is 0.729. The van der Waals surface area contributed by atoms with Gasteiger partial charge in [0.25, 0.3) is 0 Å². The molecule has 18 heavy (non-hydrogen) atoms. The minimum Gasteiger partial charge on any atom is -0.393 e. The van der Waals surface area contributed by atoms with Crippen LogP contribution in [0, 0.1) is 23.2 Å². The summed E-state index contributed by atoms with van der Waals surface area (Å²) in [5, 5.41) is 10.1. The maximum Gasteiger partial charge on any atom is 0.0573 e. The predicted molar refractivity (Wildman–Crippen MR) is 81.7 cm³/mol. The summed E-state index contributed by atoms with van der Waals surface area (Å²) in [6, 6.07) is 0. The van der Waals surface area contributed by atoms with E-state index >= 15 is 0 Å². The second-order valence-corrected chi connectivity index (χ2v) is 7.25. The van der Waals surface area contributed by atoms with E-state index in [-0.39, 0.29) is 6.10 Å². The Balaban J connectivity index is 0.00000137. The molecule has 1 saturated carbocycles. The number of aliphatic hydroxyl groups excluding tert-OH is 1. The van der Waals surface area contributed by atoms with Crippen LogP contribution in [0.2, 0.25) is 0 Å². The molecule has 0 radical (unpaired) electrons. The molecule has 0 aromatic carbocycles. The number of hydrogen-bond donors (Lipinski definition) is 1. The highest BCUT2D eigenvalue weighted by Gasteiger charge is 2.31. The first-order valence-corrected chi connectivity index (χ1v) is 7.97. The van der Waals surface area contributed by atoms with Crippen LogP contribution in [0.25, 0.3) is 0 Å². The van der Waals surface area contributed by atoms with E-state index in [1.54, 1.807) is 0 Å². The Kier molecular flexibility index (Phi) is 8.18. The average molecular weight is 256 g/mol. The van der Waals surface area contributed by atoms with Crippen molar-refractivity contribution in [1.82, 2.24) is 0 Å². The van der Waals surface area contributed by atoms with Crippen molar-refractivity contribution in [3.05, 3.63) is 0 Å². The Morgan fingerprint density at radius 3 is 2.06 bits per heavy atom. The summed E-state index contributed by atoms with van der Waals surface area (Å²) in [5.74, 6) is 1.95. The fraction of sp³-hybridized carbons (Fsp3) is 1.00. The normalized spacial score (nSPS) is 28.8. The average Bonchev–Trinajstić information content (AvgIpc) is 2.28. The highest BCUT2D eigenvalue weighted by Crippen LogP contribution is 2.37. The molecule has 3 atom stereocenters. The topological polar surface area (TPSA) is 20.2 Å². The first kappa shape index (κ1) is 18.0. The molecule has 0 bridgehead atoms. The van der Waals surface area contributed by atoms with E-state index in [4.69, 9.17) is 0 Å². The van der Waals surface area contributed by atoms with Crippen LogP contribution in [0.1, 0.15) is 80.6 Å². The smallest absolute Gasteiger partial charge is 0.0573 e. The largest absolute Gasteiger partial charge is 0.393 e. The summed E-state index contributed by atoms with van der Waals surface area (Å²) >= 11 is 0. The van der Waals surface area contributed by atoms with Gasteiger partial charge in [-0.1, -0.05) is 48.5 Å². The Hall–Kier alpha value is -0.0400. The number of rotatable bonds is 3. The first-order valence-electron chi connectivity index (χ1n) is 7.97. The lowest BCUT2D eigenvalue weighted by Crippen LogP contribution is -2.32.